The number of hydrogen-bond acceptors (Lipinski definition) is 11. The second-order valence-electron chi connectivity index (χ2n) is 29.4. The summed E-state index contributed by atoms with van der Waals surface area (Å²) in [6.45, 7) is 44.3. The Balaban J connectivity index is 0.000000169. The molecular weight excluding hydrogens is 1270 g/mol. The van der Waals surface area contributed by atoms with Crippen molar-refractivity contribution in [3.63, 3.8) is 0 Å². The van der Waals surface area contributed by atoms with Crippen molar-refractivity contribution in [3.8, 4) is 50.6 Å². The van der Waals surface area contributed by atoms with E-state index in [0.717, 1.165) is 134 Å². The number of aliphatic hydroxyl groups is 1. The molecule has 4 aliphatic heterocycles. The highest BCUT2D eigenvalue weighted by atomic mass is 35.5. The van der Waals surface area contributed by atoms with E-state index in [0.29, 0.717) is 5.56 Å². The lowest BCUT2D eigenvalue weighted by Crippen LogP contribution is -2.31. The summed E-state index contributed by atoms with van der Waals surface area (Å²) in [5.41, 5.74) is 39.4. The number of methoxy groups -OCH3 is 1. The van der Waals surface area contributed by atoms with Crippen LogP contribution in [0.1, 0.15) is 151 Å². The van der Waals surface area contributed by atoms with Crippen molar-refractivity contribution in [3.05, 3.63) is 237 Å². The molecule has 2 atom stereocenters. The summed E-state index contributed by atoms with van der Waals surface area (Å²) in [4.78, 5) is 33.3. The number of likely N-dealkylation sites (N-methyl/N-ethyl adjacent to an activating group) is 4. The summed E-state index contributed by atoms with van der Waals surface area (Å²) in [6.07, 6.45) is 5.51. The number of nitrogens with zero attached hydrogens (tertiary/aromatic N) is 5. The lowest BCUT2D eigenvalue weighted by molar-refractivity contribution is -0.150. The van der Waals surface area contributed by atoms with Crippen molar-refractivity contribution in [1.82, 2.24) is 19.6 Å². The summed E-state index contributed by atoms with van der Waals surface area (Å²) < 4.78 is 11.2. The van der Waals surface area contributed by atoms with Crippen LogP contribution in [0, 0.1) is 94.4 Å². The van der Waals surface area contributed by atoms with Gasteiger partial charge in [-0.1, -0.05) is 132 Å². The van der Waals surface area contributed by atoms with Crippen molar-refractivity contribution in [2.24, 2.45) is 5.25 Å². The molecule has 2 unspecified atom stereocenters. The molecule has 0 aromatic heterocycles. The SMILES string of the molecule is C=Cc1c(C)c2c(c(C)c1-c1ccc(C)cc1)CCN(C)C2.COC(=O)C(O)c1c(C)c2c(c(C)c1-c1ccc(C)cc1)CCN(C)C2.Cc1ccc(-c2c(C)c3c(c(C)c2C(C#N)O[Si](C)(C)C)CN(C)CC3)cc1.Cc1ccc(-c2c(C)c3c(c(C)c2C=O)CN(C)CC3)cc1.NCl. The number of carbonyl (C=O) groups excluding carboxylic acids is 2. The number of aldehydes is 1. The Morgan fingerprint density at radius 3 is 1.06 bits per heavy atom. The van der Waals surface area contributed by atoms with Gasteiger partial charge >= 0.3 is 5.97 Å². The van der Waals surface area contributed by atoms with Gasteiger partial charge in [0.2, 0.25) is 0 Å². The maximum atomic E-state index is 12.2. The van der Waals surface area contributed by atoms with Gasteiger partial charge in [-0.3, -0.25) is 4.79 Å². The molecule has 8 aromatic carbocycles. The second kappa shape index (κ2) is 33.9. The molecule has 4 heterocycles. The van der Waals surface area contributed by atoms with Gasteiger partial charge in [0.05, 0.1) is 13.2 Å². The van der Waals surface area contributed by atoms with E-state index in [4.69, 9.17) is 9.16 Å². The molecular formula is C87H109ClN6O5Si. The number of ether oxygens (including phenoxy) is 1. The molecule has 12 rings (SSSR count). The van der Waals surface area contributed by atoms with Crippen molar-refractivity contribution in [2.75, 3.05) is 61.5 Å². The number of esters is 1. The van der Waals surface area contributed by atoms with Gasteiger partial charge in [0, 0.05) is 69.0 Å². The van der Waals surface area contributed by atoms with Gasteiger partial charge in [0.25, 0.3) is 0 Å². The summed E-state index contributed by atoms with van der Waals surface area (Å²) in [5.74, 6) is -0.620. The topological polar surface area (TPSA) is 136 Å². The summed E-state index contributed by atoms with van der Waals surface area (Å²) in [7, 11) is 8.06. The third kappa shape index (κ3) is 17.1. The van der Waals surface area contributed by atoms with Crippen LogP contribution in [-0.2, 0) is 65.8 Å². The second-order valence-corrected chi connectivity index (χ2v) is 33.8. The molecule has 0 radical (unpaired) electrons. The quantitative estimate of drug-likeness (QED) is 0.0554. The number of carbonyl (C=O) groups is 2. The van der Waals surface area contributed by atoms with Crippen LogP contribution in [0.3, 0.4) is 0 Å². The average molecular weight is 1380 g/mol. The van der Waals surface area contributed by atoms with Crippen LogP contribution >= 0.6 is 11.8 Å². The Labute approximate surface area is 604 Å². The molecule has 4 aliphatic rings. The molecule has 528 valence electrons. The van der Waals surface area contributed by atoms with Crippen LogP contribution in [0.4, 0.5) is 0 Å². The first-order chi connectivity index (χ1) is 47.5. The average Bonchev–Trinajstić information content (AvgIpc) is 0.768. The Bertz CT molecular complexity index is 4210. The van der Waals surface area contributed by atoms with Gasteiger partial charge in [-0.15, -0.1) is 0 Å². The first kappa shape index (κ1) is 78.1. The van der Waals surface area contributed by atoms with E-state index in [-0.39, 0.29) is 0 Å². The van der Waals surface area contributed by atoms with E-state index in [2.05, 4.69) is 270 Å². The zero-order valence-corrected chi connectivity index (χ0v) is 65.3. The first-order valence-electron chi connectivity index (χ1n) is 35.3. The summed E-state index contributed by atoms with van der Waals surface area (Å²) in [6, 6.07) is 36.8. The van der Waals surface area contributed by atoms with Crippen LogP contribution in [0.2, 0.25) is 19.6 Å². The van der Waals surface area contributed by atoms with Crippen LogP contribution in [0.15, 0.2) is 104 Å². The molecule has 8 aromatic rings. The Morgan fingerprint density at radius 2 is 0.760 bits per heavy atom. The van der Waals surface area contributed by atoms with Crippen LogP contribution in [-0.4, -0.2) is 107 Å². The smallest absolute Gasteiger partial charge is 0.339 e. The number of aliphatic hydroxyl groups excluding tert-OH is 1. The van der Waals surface area contributed by atoms with E-state index >= 15 is 0 Å². The largest absolute Gasteiger partial charge is 0.467 e. The maximum absolute atomic E-state index is 12.2. The molecule has 0 bridgehead atoms. The van der Waals surface area contributed by atoms with E-state index < -0.39 is 26.5 Å². The van der Waals surface area contributed by atoms with Gasteiger partial charge < -0.3 is 33.9 Å². The predicted octanol–water partition coefficient (Wildman–Crippen LogP) is 18.2. The van der Waals surface area contributed by atoms with Crippen molar-refractivity contribution >= 4 is 38.4 Å². The number of rotatable bonds is 11. The monoisotopic (exact) mass is 1380 g/mol. The van der Waals surface area contributed by atoms with Crippen molar-refractivity contribution < 1.29 is 23.9 Å². The Hall–Kier alpha value is -7.64. The number of fused-ring (bicyclic) bond motifs is 4. The molecule has 3 N–H and O–H groups in total. The first-order valence-corrected chi connectivity index (χ1v) is 39.1. The molecule has 100 heavy (non-hydrogen) atoms. The molecule has 0 fully saturated rings. The van der Waals surface area contributed by atoms with E-state index in [1.165, 1.54) is 124 Å². The zero-order valence-electron chi connectivity index (χ0n) is 63.5. The van der Waals surface area contributed by atoms with Crippen LogP contribution in [0.5, 0.6) is 0 Å². The highest BCUT2D eigenvalue weighted by Crippen LogP contribution is 2.45. The molecule has 11 nitrogen and oxygen atoms in total. The fourth-order valence-corrected chi connectivity index (χ4v) is 16.5. The Morgan fingerprint density at radius 1 is 0.480 bits per heavy atom. The summed E-state index contributed by atoms with van der Waals surface area (Å²) >= 11 is 4.14. The lowest BCUT2D eigenvalue weighted by atomic mass is 9.80. The fourth-order valence-electron chi connectivity index (χ4n) is 15.6. The number of nitrogens with two attached hydrogens (primary N) is 1. The molecule has 0 spiro atoms. The highest BCUT2D eigenvalue weighted by molar-refractivity contribution is 6.69. The third-order valence-corrected chi connectivity index (χ3v) is 22.1. The van der Waals surface area contributed by atoms with E-state index in [1.54, 1.807) is 5.56 Å². The highest BCUT2D eigenvalue weighted by Gasteiger charge is 2.34. The van der Waals surface area contributed by atoms with Crippen molar-refractivity contribution in [2.45, 2.75) is 167 Å². The number of benzene rings is 8. The molecule has 13 heteroatoms. The summed E-state index contributed by atoms with van der Waals surface area (Å²) in [5, 5.41) is 24.8. The van der Waals surface area contributed by atoms with Gasteiger partial charge in [-0.25, -0.2) is 10.0 Å². The Kier molecular flexibility index (Phi) is 26.5. The van der Waals surface area contributed by atoms with Crippen molar-refractivity contribution in [1.29, 1.82) is 5.26 Å². The number of aryl methyl sites for hydroxylation is 4. The number of nitriles is 1. The van der Waals surface area contributed by atoms with Gasteiger partial charge in [-0.2, -0.15) is 5.26 Å². The molecule has 0 saturated carbocycles. The predicted molar refractivity (Wildman–Crippen MR) is 420 cm³/mol. The minimum atomic E-state index is -1.88. The van der Waals surface area contributed by atoms with Gasteiger partial charge in [0.15, 0.2) is 26.8 Å². The van der Waals surface area contributed by atoms with E-state index in [9.17, 15) is 20.0 Å². The maximum Gasteiger partial charge on any atom is 0.339 e. The number of halogens is 1. The standard InChI is InChI=1S/C24H32N2OSi.C22H27NO3.C21H25N.C20H23NO.ClH2N/c1-16-8-10-19(11-9-16)23-17(2)20-12-13-26(4)15-21(20)18(3)24(23)22(14-25)27-28(5,6)7;1-13-6-8-16(9-7-13)19-14(2)17-10-11-23(4)12-18(17)15(3)20(19)21(24)22(25)26-5;1-6-18-15(3)20-13-22(5)12-11-19(20)16(4)21(18)17-9-7-14(2)8-10-17;1-13-5-7-16(8-6-13)20-15(3)17-9-10-21(4)11-18(17)14(2)19(20)12-22;1-2/h8-11,22H,12-13,15H2,1-7H3;6-9,21,24H,10-12H2,1-5H3;6-10H,1,11-13H2,2-5H3;5-8,12H,9-11H2,1-4H3;2H2. The third-order valence-electron chi connectivity index (χ3n) is 21.2. The van der Waals surface area contributed by atoms with Gasteiger partial charge in [0.1, 0.15) is 0 Å². The number of hydrogen-bond donors (Lipinski definition) is 2. The molecule has 0 aliphatic carbocycles. The molecule has 0 amide bonds. The lowest BCUT2D eigenvalue weighted by Gasteiger charge is -2.33. The van der Waals surface area contributed by atoms with E-state index in [1.807, 2.05) is 13.0 Å². The minimum Gasteiger partial charge on any atom is -0.467 e. The van der Waals surface area contributed by atoms with Crippen LogP contribution < -0.4 is 5.25 Å². The molecule has 0 saturated heterocycles. The zero-order chi connectivity index (χ0) is 73.4. The minimum absolute atomic E-state index is 0.529. The van der Waals surface area contributed by atoms with Crippen LogP contribution in [0.25, 0.3) is 50.6 Å². The van der Waals surface area contributed by atoms with Gasteiger partial charge in [-0.05, 0) is 307 Å². The fraction of sp³-hybridized carbons (Fsp3) is 0.391. The normalized spacial score (nSPS) is 15.0.